The molecule has 1 N–H and O–H groups in total. The number of hydrogen-bond acceptors (Lipinski definition) is 5. The Morgan fingerprint density at radius 3 is 2.30 bits per heavy atom. The Hall–Kier alpha value is -2.94. The minimum absolute atomic E-state index is 0.0219. The van der Waals surface area contributed by atoms with E-state index in [2.05, 4.69) is 5.32 Å². The Kier molecular flexibility index (Phi) is 8.07. The van der Waals surface area contributed by atoms with Gasteiger partial charge in [0, 0.05) is 10.0 Å². The van der Waals surface area contributed by atoms with Crippen molar-refractivity contribution in [1.82, 2.24) is 0 Å². The smallest absolute Gasteiger partial charge is 0.264 e. The summed E-state index contributed by atoms with van der Waals surface area (Å²) in [6, 6.07) is 17.0. The summed E-state index contributed by atoms with van der Waals surface area (Å²) in [4.78, 5) is 13.0. The molecule has 174 valence electrons. The van der Waals surface area contributed by atoms with E-state index in [1.165, 1.54) is 37.4 Å². The molecule has 0 saturated carbocycles. The molecule has 0 aliphatic rings. The van der Waals surface area contributed by atoms with E-state index in [9.17, 15) is 13.2 Å². The van der Waals surface area contributed by atoms with Crippen molar-refractivity contribution in [3.8, 4) is 11.5 Å². The van der Waals surface area contributed by atoms with Crippen LogP contribution in [0.2, 0.25) is 10.0 Å². The number of amides is 1. The van der Waals surface area contributed by atoms with Gasteiger partial charge in [0.1, 0.15) is 18.0 Å². The molecule has 0 spiro atoms. The predicted molar refractivity (Wildman–Crippen MR) is 130 cm³/mol. The number of rotatable bonds is 9. The van der Waals surface area contributed by atoms with Crippen molar-refractivity contribution in [2.24, 2.45) is 0 Å². The van der Waals surface area contributed by atoms with Gasteiger partial charge >= 0.3 is 0 Å². The molecule has 0 saturated heterocycles. The van der Waals surface area contributed by atoms with Gasteiger partial charge in [0.25, 0.3) is 10.0 Å². The zero-order valence-corrected chi connectivity index (χ0v) is 20.2. The summed E-state index contributed by atoms with van der Waals surface area (Å²) in [5, 5.41) is 3.45. The van der Waals surface area contributed by atoms with Crippen LogP contribution in [0.3, 0.4) is 0 Å². The highest BCUT2D eigenvalue weighted by Crippen LogP contribution is 2.33. The van der Waals surface area contributed by atoms with Crippen LogP contribution in [0.15, 0.2) is 71.6 Å². The van der Waals surface area contributed by atoms with Crippen LogP contribution in [0.4, 0.5) is 11.4 Å². The van der Waals surface area contributed by atoms with Gasteiger partial charge in [-0.1, -0.05) is 35.3 Å². The molecule has 7 nitrogen and oxygen atoms in total. The van der Waals surface area contributed by atoms with Crippen LogP contribution in [0.5, 0.6) is 11.5 Å². The molecule has 10 heteroatoms. The highest BCUT2D eigenvalue weighted by atomic mass is 35.5. The first-order valence-electron chi connectivity index (χ1n) is 9.89. The molecule has 33 heavy (non-hydrogen) atoms. The molecule has 0 radical (unpaired) electrons. The van der Waals surface area contributed by atoms with Crippen molar-refractivity contribution in [2.75, 3.05) is 29.9 Å². The fraction of sp³-hybridized carbons (Fsp3) is 0.174. The molecule has 1 amide bonds. The quantitative estimate of drug-likeness (QED) is 0.427. The van der Waals surface area contributed by atoms with E-state index in [0.717, 1.165) is 4.31 Å². The molecule has 0 atom stereocenters. The molecule has 0 bridgehead atoms. The first kappa shape index (κ1) is 24.7. The summed E-state index contributed by atoms with van der Waals surface area (Å²) in [6.45, 7) is 1.58. The van der Waals surface area contributed by atoms with Crippen LogP contribution in [0.1, 0.15) is 6.92 Å². The average molecular weight is 509 g/mol. The summed E-state index contributed by atoms with van der Waals surface area (Å²) in [5.41, 5.74) is 0.541. The lowest BCUT2D eigenvalue weighted by Gasteiger charge is -2.26. The Morgan fingerprint density at radius 1 is 0.970 bits per heavy atom. The lowest BCUT2D eigenvalue weighted by Crippen LogP contribution is -2.38. The number of nitrogens with one attached hydrogen (secondary N) is 1. The normalized spacial score (nSPS) is 11.0. The van der Waals surface area contributed by atoms with Crippen molar-refractivity contribution < 1.29 is 22.7 Å². The van der Waals surface area contributed by atoms with Gasteiger partial charge in [-0.2, -0.15) is 0 Å². The number of carbonyl (C=O) groups excluding carboxylic acids is 1. The van der Waals surface area contributed by atoms with Crippen LogP contribution >= 0.6 is 23.2 Å². The van der Waals surface area contributed by atoms with E-state index < -0.39 is 22.5 Å². The minimum Gasteiger partial charge on any atom is -0.495 e. The van der Waals surface area contributed by atoms with Gasteiger partial charge in [-0.05, 0) is 61.5 Å². The van der Waals surface area contributed by atoms with E-state index in [-0.39, 0.29) is 10.6 Å². The number of anilines is 2. The van der Waals surface area contributed by atoms with Gasteiger partial charge in [-0.25, -0.2) is 8.42 Å². The fourth-order valence-corrected chi connectivity index (χ4v) is 4.80. The molecule has 3 aromatic rings. The van der Waals surface area contributed by atoms with E-state index in [1.807, 2.05) is 0 Å². The SMILES string of the molecule is CCOc1ccccc1N(CC(=O)Nc1cc(Cl)ccc1OC)S(=O)(=O)c1ccc(Cl)cc1. The molecule has 0 aliphatic heterocycles. The molecule has 0 heterocycles. The van der Waals surface area contributed by atoms with E-state index in [1.54, 1.807) is 43.3 Å². The third kappa shape index (κ3) is 5.90. The zero-order chi connectivity index (χ0) is 24.0. The molecule has 0 unspecified atom stereocenters. The highest BCUT2D eigenvalue weighted by molar-refractivity contribution is 7.92. The van der Waals surface area contributed by atoms with Gasteiger partial charge < -0.3 is 14.8 Å². The van der Waals surface area contributed by atoms with Crippen molar-refractivity contribution in [3.05, 3.63) is 76.8 Å². The minimum atomic E-state index is -4.15. The summed E-state index contributed by atoms with van der Waals surface area (Å²) >= 11 is 12.0. The van der Waals surface area contributed by atoms with Crippen molar-refractivity contribution >= 4 is 50.5 Å². The van der Waals surface area contributed by atoms with Crippen LogP contribution in [0, 0.1) is 0 Å². The fourth-order valence-electron chi connectivity index (χ4n) is 3.07. The largest absolute Gasteiger partial charge is 0.495 e. The second kappa shape index (κ2) is 10.8. The Balaban J connectivity index is 2.02. The molecule has 0 fully saturated rings. The Morgan fingerprint density at radius 2 is 1.64 bits per heavy atom. The Bertz CT molecular complexity index is 1230. The summed E-state index contributed by atoms with van der Waals surface area (Å²) in [7, 11) is -2.69. The molecule has 0 aliphatic carbocycles. The summed E-state index contributed by atoms with van der Waals surface area (Å²) < 4.78 is 39.0. The monoisotopic (exact) mass is 508 g/mol. The number of benzene rings is 3. The summed E-state index contributed by atoms with van der Waals surface area (Å²) in [5.74, 6) is 0.111. The number of halogens is 2. The van der Waals surface area contributed by atoms with Crippen LogP contribution in [-0.2, 0) is 14.8 Å². The van der Waals surface area contributed by atoms with Crippen molar-refractivity contribution in [2.45, 2.75) is 11.8 Å². The third-order valence-corrected chi connectivity index (χ3v) is 6.82. The van der Waals surface area contributed by atoms with Crippen molar-refractivity contribution in [3.63, 3.8) is 0 Å². The van der Waals surface area contributed by atoms with Gasteiger partial charge in [0.2, 0.25) is 5.91 Å². The third-order valence-electron chi connectivity index (χ3n) is 4.56. The maximum atomic E-state index is 13.6. The number of carbonyl (C=O) groups is 1. The van der Waals surface area contributed by atoms with E-state index in [0.29, 0.717) is 33.8 Å². The lowest BCUT2D eigenvalue weighted by molar-refractivity contribution is -0.114. The molecule has 3 rings (SSSR count). The van der Waals surface area contributed by atoms with Crippen LogP contribution < -0.4 is 19.1 Å². The predicted octanol–water partition coefficient (Wildman–Crippen LogP) is 5.23. The number of hydrogen-bond donors (Lipinski definition) is 1. The average Bonchev–Trinajstić information content (AvgIpc) is 2.79. The second-order valence-electron chi connectivity index (χ2n) is 6.76. The van der Waals surface area contributed by atoms with E-state index in [4.69, 9.17) is 32.7 Å². The number of nitrogens with zero attached hydrogens (tertiary/aromatic N) is 1. The number of para-hydroxylation sites is 2. The lowest BCUT2D eigenvalue weighted by atomic mass is 10.2. The Labute approximate surface area is 202 Å². The highest BCUT2D eigenvalue weighted by Gasteiger charge is 2.29. The van der Waals surface area contributed by atoms with Gasteiger partial charge in [0.15, 0.2) is 0 Å². The maximum Gasteiger partial charge on any atom is 0.264 e. The van der Waals surface area contributed by atoms with Crippen molar-refractivity contribution in [1.29, 1.82) is 0 Å². The topological polar surface area (TPSA) is 84.9 Å². The second-order valence-corrected chi connectivity index (χ2v) is 9.49. The first-order chi connectivity index (χ1) is 15.8. The number of methoxy groups -OCH3 is 1. The van der Waals surface area contributed by atoms with Gasteiger partial charge in [0.05, 0.1) is 30.0 Å². The van der Waals surface area contributed by atoms with Crippen LogP contribution in [0.25, 0.3) is 0 Å². The molecule has 0 aromatic heterocycles. The summed E-state index contributed by atoms with van der Waals surface area (Å²) in [6.07, 6.45) is 0. The van der Waals surface area contributed by atoms with E-state index >= 15 is 0 Å². The first-order valence-corrected chi connectivity index (χ1v) is 12.1. The van der Waals surface area contributed by atoms with Gasteiger partial charge in [-0.15, -0.1) is 0 Å². The molecule has 3 aromatic carbocycles. The maximum absolute atomic E-state index is 13.6. The number of sulfonamides is 1. The van der Waals surface area contributed by atoms with Gasteiger partial charge in [-0.3, -0.25) is 9.10 Å². The standard InChI is InChI=1S/C23H22Cl2N2O5S/c1-3-32-22-7-5-4-6-20(22)27(33(29,30)18-11-8-16(24)9-12-18)15-23(28)26-19-14-17(25)10-13-21(19)31-2/h4-14H,3,15H2,1-2H3,(H,26,28). The zero-order valence-electron chi connectivity index (χ0n) is 17.9. The number of ether oxygens (including phenoxy) is 2. The van der Waals surface area contributed by atoms with Crippen LogP contribution in [-0.4, -0.2) is 34.6 Å². The molecular formula is C23H22Cl2N2O5S. The molecular weight excluding hydrogens is 487 g/mol.